The number of fused-ring (bicyclic) bond motifs is 1. The minimum absolute atomic E-state index is 0.0595. The molecule has 0 radical (unpaired) electrons. The van der Waals surface area contributed by atoms with E-state index < -0.39 is 0 Å². The first-order valence-corrected chi connectivity index (χ1v) is 9.24. The van der Waals surface area contributed by atoms with E-state index in [-0.39, 0.29) is 5.56 Å². The van der Waals surface area contributed by atoms with Gasteiger partial charge in [-0.05, 0) is 5.56 Å². The van der Waals surface area contributed by atoms with Crippen LogP contribution in [0, 0.1) is 0 Å². The van der Waals surface area contributed by atoms with Crippen molar-refractivity contribution in [1.82, 2.24) is 19.5 Å². The molecule has 1 fully saturated rings. The van der Waals surface area contributed by atoms with E-state index in [2.05, 4.69) is 52.2 Å². The molecule has 0 amide bonds. The summed E-state index contributed by atoms with van der Waals surface area (Å²) >= 11 is 2.01. The third kappa shape index (κ3) is 2.87. The van der Waals surface area contributed by atoms with Crippen LogP contribution in [-0.4, -0.2) is 37.0 Å². The molecule has 2 atom stereocenters. The van der Waals surface area contributed by atoms with E-state index in [4.69, 9.17) is 0 Å². The first-order valence-electron chi connectivity index (χ1n) is 8.19. The molecule has 5 nitrogen and oxygen atoms in total. The summed E-state index contributed by atoms with van der Waals surface area (Å²) in [4.78, 5) is 19.3. The van der Waals surface area contributed by atoms with Crippen molar-refractivity contribution in [3.8, 4) is 0 Å². The van der Waals surface area contributed by atoms with Crippen molar-refractivity contribution >= 4 is 17.4 Å². The van der Waals surface area contributed by atoms with Crippen molar-refractivity contribution in [3.63, 3.8) is 0 Å². The third-order valence-electron chi connectivity index (χ3n) is 4.54. The lowest BCUT2D eigenvalue weighted by molar-refractivity contribution is 0.189. The van der Waals surface area contributed by atoms with Gasteiger partial charge in [0.05, 0.1) is 5.69 Å². The van der Waals surface area contributed by atoms with E-state index in [1.165, 1.54) is 10.1 Å². The number of hydrogen-bond acceptors (Lipinski definition) is 4. The molecule has 2 aromatic heterocycles. The van der Waals surface area contributed by atoms with Crippen LogP contribution in [-0.2, 0) is 6.54 Å². The zero-order valence-electron chi connectivity index (χ0n) is 13.6. The Morgan fingerprint density at radius 2 is 2.12 bits per heavy atom. The van der Waals surface area contributed by atoms with Crippen LogP contribution in [0.3, 0.4) is 0 Å². The van der Waals surface area contributed by atoms with Gasteiger partial charge < -0.3 is 0 Å². The maximum absolute atomic E-state index is 12.2. The molecule has 3 aromatic rings. The van der Waals surface area contributed by atoms with Crippen LogP contribution >= 0.6 is 11.8 Å². The Balaban J connectivity index is 1.66. The first kappa shape index (κ1) is 15.5. The summed E-state index contributed by atoms with van der Waals surface area (Å²) in [6.45, 7) is 3.98. The fourth-order valence-electron chi connectivity index (χ4n) is 3.46. The first-order chi connectivity index (χ1) is 11.7. The number of aromatic nitrogens is 3. The van der Waals surface area contributed by atoms with Gasteiger partial charge in [-0.3, -0.25) is 14.8 Å². The zero-order valence-corrected chi connectivity index (χ0v) is 14.4. The molecule has 0 aliphatic carbocycles. The Hall–Kier alpha value is -2.05. The van der Waals surface area contributed by atoms with Gasteiger partial charge in [0.25, 0.3) is 5.56 Å². The second kappa shape index (κ2) is 6.45. The molecule has 0 unspecified atom stereocenters. The van der Waals surface area contributed by atoms with Crippen molar-refractivity contribution < 1.29 is 0 Å². The third-order valence-corrected chi connectivity index (χ3v) is 5.74. The second-order valence-corrected chi connectivity index (χ2v) is 7.63. The summed E-state index contributed by atoms with van der Waals surface area (Å²) in [5.74, 6) is 1.11. The molecule has 24 heavy (non-hydrogen) atoms. The van der Waals surface area contributed by atoms with Crippen molar-refractivity contribution in [2.75, 3.05) is 12.3 Å². The summed E-state index contributed by atoms with van der Waals surface area (Å²) in [6.07, 6.45) is 1.74. The van der Waals surface area contributed by atoms with Crippen LogP contribution in [0.5, 0.6) is 0 Å². The smallest absolute Gasteiger partial charge is 0.272 e. The number of nitrogens with one attached hydrogen (secondary N) is 1. The summed E-state index contributed by atoms with van der Waals surface area (Å²) in [6, 6.07) is 14.4. The Labute approximate surface area is 144 Å². The predicted molar refractivity (Wildman–Crippen MR) is 97.3 cm³/mol. The van der Waals surface area contributed by atoms with Crippen molar-refractivity contribution in [2.24, 2.45) is 0 Å². The molecule has 1 aliphatic heterocycles. The molecular formula is C18H20N4OS. The van der Waals surface area contributed by atoms with E-state index in [1.807, 2.05) is 17.8 Å². The average Bonchev–Trinajstić information content (AvgIpc) is 3.05. The number of thioether (sulfide) groups is 1. The molecule has 1 aliphatic rings. The Bertz CT molecular complexity index is 889. The van der Waals surface area contributed by atoms with Gasteiger partial charge in [-0.2, -0.15) is 11.8 Å². The summed E-state index contributed by atoms with van der Waals surface area (Å²) in [7, 11) is 0. The van der Waals surface area contributed by atoms with Crippen LogP contribution in [0.4, 0.5) is 0 Å². The standard InChI is InChI=1S/C18H20N4OS/c1-13-18(14-5-3-2-4-6-14)21(9-10-24-13)12-15-11-17(23)22-16(20-15)7-8-19-22/h2-8,11,13,18-19H,9-10,12H2,1H3/t13-,18+/m0/s1. The molecule has 1 saturated heterocycles. The summed E-state index contributed by atoms with van der Waals surface area (Å²) in [5, 5.41) is 3.40. The molecule has 0 saturated carbocycles. The quantitative estimate of drug-likeness (QED) is 0.796. The minimum Gasteiger partial charge on any atom is -0.297 e. The Morgan fingerprint density at radius 1 is 1.29 bits per heavy atom. The van der Waals surface area contributed by atoms with Gasteiger partial charge in [0, 0.05) is 48.5 Å². The van der Waals surface area contributed by atoms with Gasteiger partial charge in [0.2, 0.25) is 0 Å². The van der Waals surface area contributed by atoms with Crippen molar-refractivity contribution in [3.05, 3.63) is 70.3 Å². The molecule has 3 heterocycles. The second-order valence-electron chi connectivity index (χ2n) is 6.14. The maximum Gasteiger partial charge on any atom is 0.272 e. The highest BCUT2D eigenvalue weighted by atomic mass is 32.2. The highest BCUT2D eigenvalue weighted by Gasteiger charge is 2.30. The molecule has 0 bridgehead atoms. The van der Waals surface area contributed by atoms with E-state index in [9.17, 15) is 4.79 Å². The number of benzene rings is 1. The van der Waals surface area contributed by atoms with Crippen molar-refractivity contribution in [2.45, 2.75) is 24.8 Å². The van der Waals surface area contributed by atoms with Crippen molar-refractivity contribution in [1.29, 1.82) is 0 Å². The minimum atomic E-state index is -0.0595. The van der Waals surface area contributed by atoms with E-state index in [0.29, 0.717) is 23.5 Å². The van der Waals surface area contributed by atoms with Gasteiger partial charge in [0.1, 0.15) is 0 Å². The number of aromatic amines is 1. The fourth-order valence-corrected chi connectivity index (χ4v) is 4.68. The topological polar surface area (TPSA) is 53.4 Å². The van der Waals surface area contributed by atoms with Gasteiger partial charge in [-0.25, -0.2) is 9.50 Å². The van der Waals surface area contributed by atoms with Crippen LogP contribution in [0.25, 0.3) is 5.65 Å². The zero-order chi connectivity index (χ0) is 16.5. The summed E-state index contributed by atoms with van der Waals surface area (Å²) < 4.78 is 1.47. The van der Waals surface area contributed by atoms with E-state index in [0.717, 1.165) is 18.0 Å². The Kier molecular flexibility index (Phi) is 4.16. The molecule has 0 spiro atoms. The van der Waals surface area contributed by atoms with Crippen LogP contribution < -0.4 is 5.56 Å². The molecule has 1 N–H and O–H groups in total. The molecule has 6 heteroatoms. The number of nitrogens with zero attached hydrogens (tertiary/aromatic N) is 3. The lowest BCUT2D eigenvalue weighted by Crippen LogP contribution is -2.40. The molecule has 124 valence electrons. The van der Waals surface area contributed by atoms with E-state index >= 15 is 0 Å². The van der Waals surface area contributed by atoms with Crippen LogP contribution in [0.2, 0.25) is 0 Å². The molecule has 4 rings (SSSR count). The monoisotopic (exact) mass is 340 g/mol. The summed E-state index contributed by atoms with van der Waals surface area (Å²) in [5.41, 5.74) is 2.78. The Morgan fingerprint density at radius 3 is 2.96 bits per heavy atom. The van der Waals surface area contributed by atoms with Gasteiger partial charge in [-0.1, -0.05) is 37.3 Å². The molecular weight excluding hydrogens is 320 g/mol. The highest BCUT2D eigenvalue weighted by Crippen LogP contribution is 2.36. The lowest BCUT2D eigenvalue weighted by atomic mass is 10.0. The average molecular weight is 340 g/mol. The molecule has 1 aromatic carbocycles. The van der Waals surface area contributed by atoms with Gasteiger partial charge in [0.15, 0.2) is 5.65 Å². The van der Waals surface area contributed by atoms with Crippen LogP contribution in [0.15, 0.2) is 53.5 Å². The largest absolute Gasteiger partial charge is 0.297 e. The lowest BCUT2D eigenvalue weighted by Gasteiger charge is -2.39. The number of H-pyrrole nitrogens is 1. The number of hydrogen-bond donors (Lipinski definition) is 1. The maximum atomic E-state index is 12.2. The van der Waals surface area contributed by atoms with Gasteiger partial charge >= 0.3 is 0 Å². The van der Waals surface area contributed by atoms with E-state index in [1.54, 1.807) is 12.3 Å². The van der Waals surface area contributed by atoms with Crippen LogP contribution in [0.1, 0.15) is 24.2 Å². The predicted octanol–water partition coefficient (Wildman–Crippen LogP) is 2.70. The normalized spacial score (nSPS) is 22.0. The fraction of sp³-hybridized carbons (Fsp3) is 0.333. The number of rotatable bonds is 3. The highest BCUT2D eigenvalue weighted by molar-refractivity contribution is 8.00. The van der Waals surface area contributed by atoms with Gasteiger partial charge in [-0.15, -0.1) is 0 Å². The SMILES string of the molecule is C[C@@H]1SCCN(Cc2cc(=O)n3[nH]ccc3n2)[C@H]1c1ccccc1.